The third kappa shape index (κ3) is 2.85. The van der Waals surface area contributed by atoms with Crippen LogP contribution in [0.15, 0.2) is 29.2 Å². The topological polar surface area (TPSA) is 46.6 Å². The van der Waals surface area contributed by atoms with Crippen molar-refractivity contribution < 1.29 is 13.2 Å². The number of hydrogen-bond acceptors (Lipinski definition) is 3. The van der Waals surface area contributed by atoms with E-state index in [1.54, 1.807) is 31.4 Å². The zero-order chi connectivity index (χ0) is 13.2. The largest absolute Gasteiger partial charge is 0.381 e. The Balaban J connectivity index is 2.15. The van der Waals surface area contributed by atoms with Crippen LogP contribution in [0.25, 0.3) is 0 Å². The van der Waals surface area contributed by atoms with E-state index in [2.05, 4.69) is 0 Å². The Hall–Kier alpha value is -0.620. The van der Waals surface area contributed by atoms with Gasteiger partial charge in [0, 0.05) is 25.2 Å². The molecule has 1 heterocycles. The number of piperidine rings is 1. The third-order valence-electron chi connectivity index (χ3n) is 3.19. The highest BCUT2D eigenvalue weighted by Gasteiger charge is 2.29. The number of benzene rings is 1. The van der Waals surface area contributed by atoms with Gasteiger partial charge in [0.2, 0.25) is 10.0 Å². The van der Waals surface area contributed by atoms with Gasteiger partial charge in [-0.25, -0.2) is 8.42 Å². The van der Waals surface area contributed by atoms with Gasteiger partial charge in [-0.2, -0.15) is 4.31 Å². The lowest BCUT2D eigenvalue weighted by Crippen LogP contribution is -2.40. The molecular formula is C12H16ClNO3S. The van der Waals surface area contributed by atoms with Gasteiger partial charge in [-0.1, -0.05) is 11.6 Å². The minimum Gasteiger partial charge on any atom is -0.381 e. The molecule has 1 aromatic carbocycles. The molecule has 0 N–H and O–H groups in total. The summed E-state index contributed by atoms with van der Waals surface area (Å²) in [5.41, 5.74) is 0. The van der Waals surface area contributed by atoms with Crippen LogP contribution in [0, 0.1) is 0 Å². The Morgan fingerprint density at radius 2 is 1.78 bits per heavy atom. The summed E-state index contributed by atoms with van der Waals surface area (Å²) in [4.78, 5) is 0.294. The molecule has 1 aliphatic heterocycles. The molecule has 0 saturated carbocycles. The maximum absolute atomic E-state index is 12.3. The molecule has 1 fully saturated rings. The van der Waals surface area contributed by atoms with Crippen LogP contribution in [-0.4, -0.2) is 39.0 Å². The molecule has 0 bridgehead atoms. The van der Waals surface area contributed by atoms with Crippen molar-refractivity contribution in [2.45, 2.75) is 23.8 Å². The smallest absolute Gasteiger partial charge is 0.243 e. The second-order valence-electron chi connectivity index (χ2n) is 4.29. The lowest BCUT2D eigenvalue weighted by Gasteiger charge is -2.30. The first-order chi connectivity index (χ1) is 8.54. The van der Waals surface area contributed by atoms with E-state index in [4.69, 9.17) is 16.3 Å². The SMILES string of the molecule is COC1CCN(S(=O)(=O)c2ccc(Cl)cc2)CC1. The fraction of sp³-hybridized carbons (Fsp3) is 0.500. The van der Waals surface area contributed by atoms with E-state index < -0.39 is 10.0 Å². The zero-order valence-corrected chi connectivity index (χ0v) is 11.7. The second kappa shape index (κ2) is 5.57. The van der Waals surface area contributed by atoms with Gasteiger partial charge in [0.15, 0.2) is 0 Å². The molecule has 0 radical (unpaired) electrons. The van der Waals surface area contributed by atoms with Gasteiger partial charge in [0.25, 0.3) is 0 Å². The number of methoxy groups -OCH3 is 1. The number of ether oxygens (including phenoxy) is 1. The molecule has 1 saturated heterocycles. The Labute approximate surface area is 113 Å². The van der Waals surface area contributed by atoms with Crippen LogP contribution in [0.1, 0.15) is 12.8 Å². The zero-order valence-electron chi connectivity index (χ0n) is 10.2. The van der Waals surface area contributed by atoms with Crippen molar-refractivity contribution >= 4 is 21.6 Å². The van der Waals surface area contributed by atoms with Crippen LogP contribution in [-0.2, 0) is 14.8 Å². The molecule has 4 nitrogen and oxygen atoms in total. The van der Waals surface area contributed by atoms with E-state index in [1.165, 1.54) is 4.31 Å². The molecule has 0 aromatic heterocycles. The van der Waals surface area contributed by atoms with Gasteiger partial charge in [-0.3, -0.25) is 0 Å². The van der Waals surface area contributed by atoms with Gasteiger partial charge in [-0.05, 0) is 37.1 Å². The van der Waals surface area contributed by atoms with E-state index in [9.17, 15) is 8.42 Å². The number of hydrogen-bond donors (Lipinski definition) is 0. The first kappa shape index (κ1) is 13.8. The van der Waals surface area contributed by atoms with Gasteiger partial charge in [0.05, 0.1) is 11.0 Å². The quantitative estimate of drug-likeness (QED) is 0.856. The van der Waals surface area contributed by atoms with Gasteiger partial charge in [-0.15, -0.1) is 0 Å². The maximum Gasteiger partial charge on any atom is 0.243 e. The van der Waals surface area contributed by atoms with Gasteiger partial charge < -0.3 is 4.74 Å². The van der Waals surface area contributed by atoms with E-state index in [0.29, 0.717) is 23.0 Å². The lowest BCUT2D eigenvalue weighted by molar-refractivity contribution is 0.0604. The summed E-state index contributed by atoms with van der Waals surface area (Å²) in [5, 5.41) is 0.534. The predicted molar refractivity (Wildman–Crippen MR) is 70.2 cm³/mol. The molecule has 6 heteroatoms. The molecule has 0 aliphatic carbocycles. The highest BCUT2D eigenvalue weighted by Crippen LogP contribution is 2.22. The molecule has 1 aliphatic rings. The van der Waals surface area contributed by atoms with Crippen molar-refractivity contribution in [3.63, 3.8) is 0 Å². The third-order valence-corrected chi connectivity index (χ3v) is 5.35. The highest BCUT2D eigenvalue weighted by atomic mass is 35.5. The molecule has 1 aromatic rings. The normalized spacial score (nSPS) is 19.0. The predicted octanol–water partition coefficient (Wildman–Crippen LogP) is 2.14. The Morgan fingerprint density at radius 1 is 1.22 bits per heavy atom. The van der Waals surface area contributed by atoms with Crippen LogP contribution < -0.4 is 0 Å². The van der Waals surface area contributed by atoms with Crippen molar-refractivity contribution in [1.29, 1.82) is 0 Å². The van der Waals surface area contributed by atoms with Crippen LogP contribution >= 0.6 is 11.6 Å². The Morgan fingerprint density at radius 3 is 2.28 bits per heavy atom. The fourth-order valence-corrected chi connectivity index (χ4v) is 3.66. The average molecular weight is 290 g/mol. The number of nitrogens with zero attached hydrogens (tertiary/aromatic N) is 1. The minimum absolute atomic E-state index is 0.168. The van der Waals surface area contributed by atoms with E-state index in [-0.39, 0.29) is 6.10 Å². The Kier molecular flexibility index (Phi) is 4.27. The molecular weight excluding hydrogens is 274 g/mol. The lowest BCUT2D eigenvalue weighted by atomic mass is 10.1. The number of halogens is 1. The van der Waals surface area contributed by atoms with Crippen LogP contribution in [0.2, 0.25) is 5.02 Å². The van der Waals surface area contributed by atoms with Crippen molar-refractivity contribution in [3.8, 4) is 0 Å². The molecule has 2 rings (SSSR count). The highest BCUT2D eigenvalue weighted by molar-refractivity contribution is 7.89. The van der Waals surface area contributed by atoms with Crippen LogP contribution in [0.3, 0.4) is 0 Å². The standard InChI is InChI=1S/C12H16ClNO3S/c1-17-11-6-8-14(9-7-11)18(15,16)12-4-2-10(13)3-5-12/h2-5,11H,6-9H2,1H3. The fourth-order valence-electron chi connectivity index (χ4n) is 2.06. The summed E-state index contributed by atoms with van der Waals surface area (Å²) in [5.74, 6) is 0. The average Bonchev–Trinajstić information content (AvgIpc) is 2.39. The first-order valence-corrected chi connectivity index (χ1v) is 7.64. The molecule has 0 unspecified atom stereocenters. The summed E-state index contributed by atoms with van der Waals surface area (Å²) in [6.07, 6.45) is 1.65. The Bertz CT molecular complexity index is 493. The van der Waals surface area contributed by atoms with Gasteiger partial charge >= 0.3 is 0 Å². The molecule has 18 heavy (non-hydrogen) atoms. The van der Waals surface area contributed by atoms with Gasteiger partial charge in [0.1, 0.15) is 0 Å². The van der Waals surface area contributed by atoms with Crippen LogP contribution in [0.4, 0.5) is 0 Å². The summed E-state index contributed by atoms with van der Waals surface area (Å²) >= 11 is 5.76. The summed E-state index contributed by atoms with van der Waals surface area (Å²) in [6.45, 7) is 1.01. The van der Waals surface area contributed by atoms with E-state index in [1.807, 2.05) is 0 Å². The number of sulfonamides is 1. The monoisotopic (exact) mass is 289 g/mol. The van der Waals surface area contributed by atoms with Crippen molar-refractivity contribution in [1.82, 2.24) is 4.31 Å². The minimum atomic E-state index is -3.39. The van der Waals surface area contributed by atoms with Crippen molar-refractivity contribution in [2.24, 2.45) is 0 Å². The molecule has 0 atom stereocenters. The van der Waals surface area contributed by atoms with Crippen LogP contribution in [0.5, 0.6) is 0 Å². The first-order valence-electron chi connectivity index (χ1n) is 5.82. The number of rotatable bonds is 3. The molecule has 0 spiro atoms. The second-order valence-corrected chi connectivity index (χ2v) is 6.67. The summed E-state index contributed by atoms with van der Waals surface area (Å²) < 4.78 is 31.4. The van der Waals surface area contributed by atoms with E-state index >= 15 is 0 Å². The summed E-state index contributed by atoms with van der Waals surface area (Å²) in [6, 6.07) is 6.27. The molecule has 0 amide bonds. The maximum atomic E-state index is 12.3. The van der Waals surface area contributed by atoms with Crippen molar-refractivity contribution in [3.05, 3.63) is 29.3 Å². The van der Waals surface area contributed by atoms with E-state index in [0.717, 1.165) is 12.8 Å². The summed E-state index contributed by atoms with van der Waals surface area (Å²) in [7, 11) is -1.73. The van der Waals surface area contributed by atoms with Crippen molar-refractivity contribution in [2.75, 3.05) is 20.2 Å². The molecule has 100 valence electrons.